The summed E-state index contributed by atoms with van der Waals surface area (Å²) >= 11 is 0. The molecule has 0 aliphatic rings. The molecule has 3 heteroatoms. The molecule has 0 aromatic heterocycles. The van der Waals surface area contributed by atoms with Crippen molar-refractivity contribution in [1.29, 1.82) is 0 Å². The van der Waals surface area contributed by atoms with Crippen LogP contribution >= 0.6 is 0 Å². The fraction of sp³-hybridized carbons (Fsp3) is 0.588. The average Bonchev–Trinajstić information content (AvgIpc) is 2.39. The largest absolute Gasteiger partial charge is 0.352 e. The van der Waals surface area contributed by atoms with Gasteiger partial charge in [-0.25, -0.2) is 0 Å². The van der Waals surface area contributed by atoms with Gasteiger partial charge in [-0.3, -0.25) is 4.79 Å². The van der Waals surface area contributed by atoms with Crippen molar-refractivity contribution >= 4 is 5.91 Å². The van der Waals surface area contributed by atoms with E-state index in [1.54, 1.807) is 0 Å². The Labute approximate surface area is 122 Å². The molecule has 1 rings (SSSR count). The number of hydrogen-bond donors (Lipinski definition) is 2. The number of carbonyl (C=O) groups is 1. The van der Waals surface area contributed by atoms with Crippen molar-refractivity contribution in [3.8, 4) is 0 Å². The Morgan fingerprint density at radius 3 is 2.30 bits per heavy atom. The van der Waals surface area contributed by atoms with Crippen LogP contribution in [0.2, 0.25) is 0 Å². The van der Waals surface area contributed by atoms with Gasteiger partial charge >= 0.3 is 0 Å². The first-order chi connectivity index (χ1) is 9.47. The van der Waals surface area contributed by atoms with Crippen LogP contribution in [0.1, 0.15) is 43.6 Å². The molecule has 0 radical (unpaired) electrons. The lowest BCUT2D eigenvalue weighted by Gasteiger charge is -2.25. The summed E-state index contributed by atoms with van der Waals surface area (Å²) in [4.78, 5) is 12.3. The van der Waals surface area contributed by atoms with Crippen LogP contribution in [0.4, 0.5) is 0 Å². The fourth-order valence-electron chi connectivity index (χ4n) is 2.66. The van der Waals surface area contributed by atoms with Gasteiger partial charge in [-0.1, -0.05) is 45.9 Å². The molecule has 112 valence electrons. The third-order valence-corrected chi connectivity index (χ3v) is 3.89. The number of hydrogen-bond acceptors (Lipinski definition) is 2. The van der Waals surface area contributed by atoms with Gasteiger partial charge in [0, 0.05) is 12.1 Å². The van der Waals surface area contributed by atoms with Crippen molar-refractivity contribution in [2.24, 2.45) is 23.5 Å². The number of nitrogens with one attached hydrogen (secondary N) is 1. The normalized spacial score (nSPS) is 11.4. The maximum Gasteiger partial charge on any atom is 0.251 e. The maximum atomic E-state index is 12.3. The highest BCUT2D eigenvalue weighted by Gasteiger charge is 2.19. The van der Waals surface area contributed by atoms with Crippen LogP contribution in [0.25, 0.3) is 0 Å². The molecule has 0 saturated heterocycles. The lowest BCUT2D eigenvalue weighted by Crippen LogP contribution is -2.34. The van der Waals surface area contributed by atoms with Gasteiger partial charge < -0.3 is 11.1 Å². The first-order valence-corrected chi connectivity index (χ1v) is 7.53. The van der Waals surface area contributed by atoms with E-state index in [0.717, 1.165) is 24.1 Å². The Hall–Kier alpha value is -1.35. The first kappa shape index (κ1) is 16.7. The number of rotatable bonds is 7. The van der Waals surface area contributed by atoms with Crippen molar-refractivity contribution in [1.82, 2.24) is 5.32 Å². The summed E-state index contributed by atoms with van der Waals surface area (Å²) in [6, 6.07) is 7.70. The summed E-state index contributed by atoms with van der Waals surface area (Å²) in [5, 5.41) is 3.08. The van der Waals surface area contributed by atoms with Crippen LogP contribution in [0.15, 0.2) is 24.3 Å². The molecule has 0 bridgehead atoms. The molecule has 3 N–H and O–H groups in total. The van der Waals surface area contributed by atoms with E-state index in [4.69, 9.17) is 5.73 Å². The quantitative estimate of drug-likeness (QED) is 0.804. The molecule has 0 aliphatic heterocycles. The Kier molecular flexibility index (Phi) is 6.73. The molecule has 0 aliphatic carbocycles. The smallest absolute Gasteiger partial charge is 0.251 e. The van der Waals surface area contributed by atoms with E-state index in [2.05, 4.69) is 33.0 Å². The predicted molar refractivity (Wildman–Crippen MR) is 84.7 cm³/mol. The van der Waals surface area contributed by atoms with Crippen molar-refractivity contribution < 1.29 is 4.79 Å². The molecule has 0 spiro atoms. The van der Waals surface area contributed by atoms with Crippen molar-refractivity contribution in [3.05, 3.63) is 35.4 Å². The zero-order valence-corrected chi connectivity index (χ0v) is 13.1. The Morgan fingerprint density at radius 2 is 1.75 bits per heavy atom. The lowest BCUT2D eigenvalue weighted by molar-refractivity contribution is 0.0936. The summed E-state index contributed by atoms with van der Waals surface area (Å²) in [5.74, 6) is 1.64. The average molecular weight is 276 g/mol. The second kappa shape index (κ2) is 8.05. The number of carbonyl (C=O) groups excluding carboxylic acids is 1. The summed E-state index contributed by atoms with van der Waals surface area (Å²) in [7, 11) is 0. The molecule has 0 fully saturated rings. The number of nitrogens with two attached hydrogens (primary N) is 1. The van der Waals surface area contributed by atoms with Gasteiger partial charge in [-0.2, -0.15) is 0 Å². The Morgan fingerprint density at radius 1 is 1.15 bits per heavy atom. The number of benzene rings is 1. The third-order valence-electron chi connectivity index (χ3n) is 3.89. The van der Waals surface area contributed by atoms with Gasteiger partial charge in [0.1, 0.15) is 0 Å². The maximum absolute atomic E-state index is 12.3. The van der Waals surface area contributed by atoms with Crippen molar-refractivity contribution in [3.63, 3.8) is 0 Å². The minimum atomic E-state index is 0.0142. The standard InChI is InChI=1S/C17H28N2O/c1-12(2)16(13(3)4)11-19-17(20)15-8-6-5-7-14(15)9-10-18/h5-8,12-13,16H,9-11,18H2,1-4H3,(H,19,20). The van der Waals surface area contributed by atoms with Gasteiger partial charge in [-0.15, -0.1) is 0 Å². The molecule has 0 heterocycles. The van der Waals surface area contributed by atoms with E-state index < -0.39 is 0 Å². The highest BCUT2D eigenvalue weighted by molar-refractivity contribution is 5.95. The first-order valence-electron chi connectivity index (χ1n) is 7.53. The zero-order valence-electron chi connectivity index (χ0n) is 13.1. The van der Waals surface area contributed by atoms with E-state index >= 15 is 0 Å². The molecule has 0 saturated carbocycles. The highest BCUT2D eigenvalue weighted by Crippen LogP contribution is 2.19. The molecule has 0 unspecified atom stereocenters. The summed E-state index contributed by atoms with van der Waals surface area (Å²) in [6.07, 6.45) is 0.737. The van der Waals surface area contributed by atoms with Crippen LogP contribution in [-0.4, -0.2) is 19.0 Å². The van der Waals surface area contributed by atoms with E-state index in [9.17, 15) is 4.79 Å². The monoisotopic (exact) mass is 276 g/mol. The highest BCUT2D eigenvalue weighted by atomic mass is 16.1. The van der Waals surface area contributed by atoms with E-state index in [1.165, 1.54) is 0 Å². The van der Waals surface area contributed by atoms with Gasteiger partial charge in [0.05, 0.1) is 0 Å². The van der Waals surface area contributed by atoms with Crippen LogP contribution in [0.3, 0.4) is 0 Å². The fourth-order valence-corrected chi connectivity index (χ4v) is 2.66. The molecule has 1 aromatic rings. The molecular weight excluding hydrogens is 248 g/mol. The van der Waals surface area contributed by atoms with E-state index in [0.29, 0.717) is 24.3 Å². The van der Waals surface area contributed by atoms with Crippen LogP contribution in [0, 0.1) is 17.8 Å². The van der Waals surface area contributed by atoms with Crippen molar-refractivity contribution in [2.45, 2.75) is 34.1 Å². The molecule has 0 atom stereocenters. The lowest BCUT2D eigenvalue weighted by atomic mass is 9.85. The van der Waals surface area contributed by atoms with E-state index in [-0.39, 0.29) is 5.91 Å². The minimum Gasteiger partial charge on any atom is -0.352 e. The molecular formula is C17H28N2O. The van der Waals surface area contributed by atoms with Gasteiger partial charge in [0.2, 0.25) is 0 Å². The second-order valence-electron chi connectivity index (χ2n) is 6.06. The SMILES string of the molecule is CC(C)C(CNC(=O)c1ccccc1CCN)C(C)C. The Bertz CT molecular complexity index is 419. The van der Waals surface area contributed by atoms with Gasteiger partial charge in [0.25, 0.3) is 5.91 Å². The number of amides is 1. The van der Waals surface area contributed by atoms with Crippen LogP contribution in [0.5, 0.6) is 0 Å². The third kappa shape index (κ3) is 4.64. The molecule has 20 heavy (non-hydrogen) atoms. The zero-order chi connectivity index (χ0) is 15.1. The second-order valence-corrected chi connectivity index (χ2v) is 6.06. The van der Waals surface area contributed by atoms with Gasteiger partial charge in [0.15, 0.2) is 0 Å². The predicted octanol–water partition coefficient (Wildman–Crippen LogP) is 2.85. The molecule has 1 aromatic carbocycles. The molecule has 3 nitrogen and oxygen atoms in total. The van der Waals surface area contributed by atoms with Crippen LogP contribution in [-0.2, 0) is 6.42 Å². The summed E-state index contributed by atoms with van der Waals surface area (Å²) in [5.41, 5.74) is 7.38. The van der Waals surface area contributed by atoms with E-state index in [1.807, 2.05) is 24.3 Å². The summed E-state index contributed by atoms with van der Waals surface area (Å²) < 4.78 is 0. The topological polar surface area (TPSA) is 55.1 Å². The Balaban J connectivity index is 2.71. The van der Waals surface area contributed by atoms with Crippen LogP contribution < -0.4 is 11.1 Å². The molecule has 1 amide bonds. The minimum absolute atomic E-state index is 0.0142. The van der Waals surface area contributed by atoms with Gasteiger partial charge in [-0.05, 0) is 42.3 Å². The van der Waals surface area contributed by atoms with Crippen molar-refractivity contribution in [2.75, 3.05) is 13.1 Å². The summed E-state index contributed by atoms with van der Waals surface area (Å²) in [6.45, 7) is 10.1.